The van der Waals surface area contributed by atoms with Gasteiger partial charge in [0.05, 0.1) is 32.3 Å². The maximum atomic E-state index is 13.7. The maximum Gasteiger partial charge on any atom is 0.336 e. The predicted molar refractivity (Wildman–Crippen MR) is 116 cm³/mol. The summed E-state index contributed by atoms with van der Waals surface area (Å²) in [5, 5.41) is 3.23. The van der Waals surface area contributed by atoms with Gasteiger partial charge in [-0.15, -0.1) is 0 Å². The smallest absolute Gasteiger partial charge is 0.336 e. The standard InChI is InChI=1S/C24H29NO7/c1-13-12-16-21(22(26)18(13)23(27)31-5)20(15-8-6-7-9-17(15)30-4)19(14(2)25-16)24(28)32-11-10-29-3/h6-9,13,18,20,25H,10-12H2,1-5H3/t13-,18+,20-/m1/s1. The Bertz CT molecular complexity index is 978. The topological polar surface area (TPSA) is 100 Å². The molecule has 0 radical (unpaired) electrons. The van der Waals surface area contributed by atoms with Crippen LogP contribution in [0.15, 0.2) is 46.8 Å². The highest BCUT2D eigenvalue weighted by atomic mass is 16.6. The molecule has 0 bridgehead atoms. The average Bonchev–Trinajstić information content (AvgIpc) is 2.77. The van der Waals surface area contributed by atoms with Crippen molar-refractivity contribution in [3.05, 3.63) is 52.4 Å². The van der Waals surface area contributed by atoms with Crippen molar-refractivity contribution < 1.29 is 33.3 Å². The molecule has 1 aromatic carbocycles. The Morgan fingerprint density at radius 1 is 1.12 bits per heavy atom. The fourth-order valence-corrected chi connectivity index (χ4v) is 4.46. The van der Waals surface area contributed by atoms with Gasteiger partial charge in [0, 0.05) is 29.6 Å². The van der Waals surface area contributed by atoms with Gasteiger partial charge >= 0.3 is 11.9 Å². The lowest BCUT2D eigenvalue weighted by Gasteiger charge is -2.38. The van der Waals surface area contributed by atoms with Crippen LogP contribution >= 0.6 is 0 Å². The van der Waals surface area contributed by atoms with E-state index in [0.717, 1.165) is 0 Å². The van der Waals surface area contributed by atoms with Gasteiger partial charge in [-0.25, -0.2) is 4.79 Å². The number of ketones is 1. The van der Waals surface area contributed by atoms with E-state index in [1.807, 2.05) is 25.1 Å². The van der Waals surface area contributed by atoms with Gasteiger partial charge < -0.3 is 24.3 Å². The fraction of sp³-hybridized carbons (Fsp3) is 0.458. The Morgan fingerprint density at radius 2 is 1.84 bits per heavy atom. The third-order valence-electron chi connectivity index (χ3n) is 5.93. The number of carbonyl (C=O) groups is 3. The van der Waals surface area contributed by atoms with Gasteiger partial charge in [-0.3, -0.25) is 9.59 Å². The number of benzene rings is 1. The van der Waals surface area contributed by atoms with Crippen molar-refractivity contribution in [2.75, 3.05) is 34.5 Å². The number of methoxy groups -OCH3 is 3. The zero-order chi connectivity index (χ0) is 23.4. The minimum Gasteiger partial charge on any atom is -0.496 e. The first kappa shape index (κ1) is 23.5. The third-order valence-corrected chi connectivity index (χ3v) is 5.93. The quantitative estimate of drug-likeness (QED) is 0.390. The van der Waals surface area contributed by atoms with Crippen LogP contribution in [0.5, 0.6) is 5.75 Å². The highest BCUT2D eigenvalue weighted by Gasteiger charge is 2.47. The van der Waals surface area contributed by atoms with E-state index in [2.05, 4.69) is 5.32 Å². The van der Waals surface area contributed by atoms with Crippen LogP contribution in [0.25, 0.3) is 0 Å². The third kappa shape index (κ3) is 4.27. The number of esters is 2. The molecule has 0 aromatic heterocycles. The molecule has 0 spiro atoms. The molecule has 0 unspecified atom stereocenters. The van der Waals surface area contributed by atoms with Crippen LogP contribution in [-0.2, 0) is 28.6 Å². The molecular weight excluding hydrogens is 414 g/mol. The van der Waals surface area contributed by atoms with E-state index in [1.54, 1.807) is 13.0 Å². The van der Waals surface area contributed by atoms with E-state index in [4.69, 9.17) is 18.9 Å². The van der Waals surface area contributed by atoms with Gasteiger partial charge in [0.25, 0.3) is 0 Å². The van der Waals surface area contributed by atoms with Crippen LogP contribution in [0.4, 0.5) is 0 Å². The monoisotopic (exact) mass is 443 g/mol. The molecule has 32 heavy (non-hydrogen) atoms. The molecule has 1 heterocycles. The Balaban J connectivity index is 2.16. The van der Waals surface area contributed by atoms with E-state index in [0.29, 0.717) is 40.3 Å². The first-order valence-corrected chi connectivity index (χ1v) is 10.5. The Hall–Kier alpha value is -3.13. The molecule has 0 fully saturated rings. The molecule has 8 heteroatoms. The second-order valence-corrected chi connectivity index (χ2v) is 7.91. The minimum absolute atomic E-state index is 0.0758. The molecule has 1 aliphatic heterocycles. The lowest BCUT2D eigenvalue weighted by molar-refractivity contribution is -0.151. The molecule has 0 saturated heterocycles. The van der Waals surface area contributed by atoms with E-state index >= 15 is 0 Å². The number of hydrogen-bond donors (Lipinski definition) is 1. The summed E-state index contributed by atoms with van der Waals surface area (Å²) in [7, 11) is 4.32. The first-order chi connectivity index (χ1) is 15.3. The largest absolute Gasteiger partial charge is 0.496 e. The summed E-state index contributed by atoms with van der Waals surface area (Å²) in [6.07, 6.45) is 0.468. The zero-order valence-electron chi connectivity index (χ0n) is 19.0. The van der Waals surface area contributed by atoms with Crippen molar-refractivity contribution in [1.29, 1.82) is 0 Å². The molecule has 2 aliphatic rings. The summed E-state index contributed by atoms with van der Waals surface area (Å²) in [5.74, 6) is -2.90. The molecule has 3 atom stereocenters. The molecule has 1 aliphatic carbocycles. The summed E-state index contributed by atoms with van der Waals surface area (Å²) >= 11 is 0. The number of ether oxygens (including phenoxy) is 4. The summed E-state index contributed by atoms with van der Waals surface area (Å²) in [6, 6.07) is 7.22. The SMILES string of the molecule is COCCOC(=O)C1=C(C)NC2=C(C(=O)[C@@H](C(=O)OC)[C@H](C)C2)[C@@H]1c1ccccc1OC. The summed E-state index contributed by atoms with van der Waals surface area (Å²) in [6.45, 7) is 3.95. The van der Waals surface area contributed by atoms with Gasteiger partial charge in [-0.2, -0.15) is 0 Å². The average molecular weight is 443 g/mol. The fourth-order valence-electron chi connectivity index (χ4n) is 4.46. The highest BCUT2D eigenvalue weighted by molar-refractivity contribution is 6.12. The van der Waals surface area contributed by atoms with Crippen molar-refractivity contribution in [2.24, 2.45) is 11.8 Å². The summed E-state index contributed by atoms with van der Waals surface area (Å²) < 4.78 is 20.9. The highest BCUT2D eigenvalue weighted by Crippen LogP contribution is 2.47. The number of para-hydroxylation sites is 1. The van der Waals surface area contributed by atoms with Gasteiger partial charge in [0.2, 0.25) is 0 Å². The second kappa shape index (κ2) is 9.99. The maximum absolute atomic E-state index is 13.7. The van der Waals surface area contributed by atoms with E-state index in [-0.39, 0.29) is 24.9 Å². The molecule has 1 aromatic rings. The van der Waals surface area contributed by atoms with Gasteiger partial charge in [0.1, 0.15) is 18.3 Å². The lowest BCUT2D eigenvalue weighted by atomic mass is 9.69. The number of hydrogen-bond acceptors (Lipinski definition) is 8. The van der Waals surface area contributed by atoms with E-state index in [1.165, 1.54) is 21.3 Å². The van der Waals surface area contributed by atoms with Crippen molar-refractivity contribution in [2.45, 2.75) is 26.2 Å². The van der Waals surface area contributed by atoms with Crippen LogP contribution in [0.3, 0.4) is 0 Å². The molecule has 0 amide bonds. The minimum atomic E-state index is -0.943. The number of allylic oxidation sites excluding steroid dienone is 3. The first-order valence-electron chi connectivity index (χ1n) is 10.5. The van der Waals surface area contributed by atoms with Crippen LogP contribution in [0.2, 0.25) is 0 Å². The summed E-state index contributed by atoms with van der Waals surface area (Å²) in [4.78, 5) is 39.3. The number of dihydropyridines is 1. The van der Waals surface area contributed by atoms with Crippen LogP contribution in [0.1, 0.15) is 31.7 Å². The number of carbonyl (C=O) groups excluding carboxylic acids is 3. The summed E-state index contributed by atoms with van der Waals surface area (Å²) in [5.41, 5.74) is 2.61. The molecular formula is C24H29NO7. The number of Topliss-reactive ketones (excluding diaryl/α,β-unsaturated/α-hetero) is 1. The van der Waals surface area contributed by atoms with Crippen LogP contribution in [-0.4, -0.2) is 52.3 Å². The molecule has 8 nitrogen and oxygen atoms in total. The number of rotatable bonds is 7. The molecule has 1 N–H and O–H groups in total. The van der Waals surface area contributed by atoms with Gasteiger partial charge in [-0.05, 0) is 25.3 Å². The van der Waals surface area contributed by atoms with E-state index < -0.39 is 23.8 Å². The van der Waals surface area contributed by atoms with Crippen molar-refractivity contribution >= 4 is 17.7 Å². The predicted octanol–water partition coefficient (Wildman–Crippen LogP) is 2.50. The van der Waals surface area contributed by atoms with Crippen molar-refractivity contribution in [3.63, 3.8) is 0 Å². The van der Waals surface area contributed by atoms with Crippen LogP contribution < -0.4 is 10.1 Å². The van der Waals surface area contributed by atoms with Gasteiger partial charge in [-0.1, -0.05) is 25.1 Å². The lowest BCUT2D eigenvalue weighted by Crippen LogP contribution is -2.43. The molecule has 3 rings (SSSR count). The van der Waals surface area contributed by atoms with Gasteiger partial charge in [0.15, 0.2) is 5.78 Å². The molecule has 0 saturated carbocycles. The number of nitrogens with one attached hydrogen (secondary N) is 1. The van der Waals surface area contributed by atoms with Crippen molar-refractivity contribution in [1.82, 2.24) is 5.32 Å². The second-order valence-electron chi connectivity index (χ2n) is 7.91. The Kier molecular flexibility index (Phi) is 7.35. The van der Waals surface area contributed by atoms with E-state index in [9.17, 15) is 14.4 Å². The van der Waals surface area contributed by atoms with Crippen molar-refractivity contribution in [3.8, 4) is 5.75 Å². The molecule has 172 valence electrons. The Labute approximate surface area is 187 Å². The van der Waals surface area contributed by atoms with Crippen LogP contribution in [0, 0.1) is 11.8 Å². The normalized spacial score (nSPS) is 22.8. The Morgan fingerprint density at radius 3 is 2.50 bits per heavy atom. The zero-order valence-corrected chi connectivity index (χ0v) is 19.0.